The van der Waals surface area contributed by atoms with Crippen LogP contribution in [0.1, 0.15) is 28.8 Å². The molecule has 0 aromatic heterocycles. The lowest BCUT2D eigenvalue weighted by Gasteiger charge is -2.22. The molecule has 1 amide bonds. The summed E-state index contributed by atoms with van der Waals surface area (Å²) in [6.45, 7) is 2.65. The lowest BCUT2D eigenvalue weighted by atomic mass is 10.1. The number of amidine groups is 1. The van der Waals surface area contributed by atoms with Crippen LogP contribution < -0.4 is 16.0 Å². The minimum atomic E-state index is -0.376. The number of primary amides is 1. The smallest absolute Gasteiger partial charge is 0.250 e. The van der Waals surface area contributed by atoms with Crippen molar-refractivity contribution in [1.82, 2.24) is 5.32 Å². The first kappa shape index (κ1) is 11.1. The second kappa shape index (κ2) is 4.33. The summed E-state index contributed by atoms with van der Waals surface area (Å²) in [7, 11) is 0. The summed E-state index contributed by atoms with van der Waals surface area (Å²) < 4.78 is 0. The largest absolute Gasteiger partial charge is 0.371 e. The third kappa shape index (κ3) is 1.81. The number of hydrogen-bond donors (Lipinski definition) is 2. The zero-order valence-electron chi connectivity index (χ0n) is 10.1. The van der Waals surface area contributed by atoms with Crippen molar-refractivity contribution in [2.75, 3.05) is 24.7 Å². The Bertz CT molecular complexity index is 518. The summed E-state index contributed by atoms with van der Waals surface area (Å²) in [5, 5.41) is 3.10. The molecule has 0 bridgehead atoms. The zero-order valence-corrected chi connectivity index (χ0v) is 10.1. The molecule has 94 valence electrons. The second-order valence-electron chi connectivity index (χ2n) is 4.63. The minimum absolute atomic E-state index is 0.376. The molecule has 0 aliphatic carbocycles. The monoisotopic (exact) mass is 244 g/mol. The summed E-state index contributed by atoms with van der Waals surface area (Å²) in [6.07, 6.45) is 2.35. The highest BCUT2D eigenvalue weighted by Crippen LogP contribution is 2.26. The molecule has 3 N–H and O–H groups in total. The highest BCUT2D eigenvalue weighted by molar-refractivity contribution is 6.06. The molecule has 0 radical (unpaired) electrons. The number of hydrogen-bond acceptors (Lipinski definition) is 4. The first-order valence-electron chi connectivity index (χ1n) is 6.23. The SMILES string of the molecule is NC(=O)c1cc(C2=NCN2)ccc1N1CCCC1. The van der Waals surface area contributed by atoms with Crippen molar-refractivity contribution < 1.29 is 4.79 Å². The van der Waals surface area contributed by atoms with E-state index in [0.29, 0.717) is 12.2 Å². The molecular weight excluding hydrogens is 228 g/mol. The van der Waals surface area contributed by atoms with E-state index < -0.39 is 0 Å². The minimum Gasteiger partial charge on any atom is -0.371 e. The van der Waals surface area contributed by atoms with Crippen molar-refractivity contribution in [1.29, 1.82) is 0 Å². The topological polar surface area (TPSA) is 70.7 Å². The molecule has 1 aromatic carbocycles. The molecule has 0 unspecified atom stereocenters. The van der Waals surface area contributed by atoms with Crippen LogP contribution in [0.5, 0.6) is 0 Å². The van der Waals surface area contributed by atoms with Crippen LogP contribution in [0.3, 0.4) is 0 Å². The lowest BCUT2D eigenvalue weighted by Crippen LogP contribution is -2.35. The molecule has 2 aliphatic rings. The van der Waals surface area contributed by atoms with Gasteiger partial charge in [0.05, 0.1) is 5.56 Å². The molecule has 5 nitrogen and oxygen atoms in total. The van der Waals surface area contributed by atoms with Gasteiger partial charge in [-0.2, -0.15) is 0 Å². The number of amides is 1. The summed E-state index contributed by atoms with van der Waals surface area (Å²) in [5.41, 5.74) is 7.95. The number of benzene rings is 1. The van der Waals surface area contributed by atoms with Crippen molar-refractivity contribution in [3.05, 3.63) is 29.3 Å². The Kier molecular flexibility index (Phi) is 2.66. The summed E-state index contributed by atoms with van der Waals surface area (Å²) in [4.78, 5) is 18.0. The van der Waals surface area contributed by atoms with E-state index in [0.717, 1.165) is 30.2 Å². The number of anilines is 1. The van der Waals surface area contributed by atoms with E-state index in [1.165, 1.54) is 12.8 Å². The summed E-state index contributed by atoms with van der Waals surface area (Å²) in [6, 6.07) is 5.80. The van der Waals surface area contributed by atoms with Gasteiger partial charge in [0.2, 0.25) is 0 Å². The van der Waals surface area contributed by atoms with Gasteiger partial charge in [-0.3, -0.25) is 4.79 Å². The summed E-state index contributed by atoms with van der Waals surface area (Å²) >= 11 is 0. The second-order valence-corrected chi connectivity index (χ2v) is 4.63. The average Bonchev–Trinajstić information content (AvgIpc) is 2.80. The predicted octanol–water partition coefficient (Wildman–Crippen LogP) is 0.693. The number of nitrogens with one attached hydrogen (secondary N) is 1. The van der Waals surface area contributed by atoms with Gasteiger partial charge < -0.3 is 16.0 Å². The van der Waals surface area contributed by atoms with Gasteiger partial charge in [0.25, 0.3) is 5.91 Å². The van der Waals surface area contributed by atoms with Crippen LogP contribution in [0.4, 0.5) is 5.69 Å². The highest BCUT2D eigenvalue weighted by Gasteiger charge is 2.20. The van der Waals surface area contributed by atoms with Gasteiger partial charge in [0.1, 0.15) is 12.5 Å². The maximum atomic E-state index is 11.6. The van der Waals surface area contributed by atoms with Crippen LogP contribution >= 0.6 is 0 Å². The molecule has 1 saturated heterocycles. The van der Waals surface area contributed by atoms with Crippen molar-refractivity contribution in [2.45, 2.75) is 12.8 Å². The van der Waals surface area contributed by atoms with E-state index in [2.05, 4.69) is 15.2 Å². The molecular formula is C13H16N4O. The first-order valence-corrected chi connectivity index (χ1v) is 6.23. The van der Waals surface area contributed by atoms with E-state index in [4.69, 9.17) is 5.73 Å². The molecule has 0 saturated carbocycles. The highest BCUT2D eigenvalue weighted by atomic mass is 16.1. The van der Waals surface area contributed by atoms with Gasteiger partial charge in [0, 0.05) is 24.3 Å². The molecule has 5 heteroatoms. The first-order chi connectivity index (χ1) is 8.75. The Hall–Kier alpha value is -2.04. The molecule has 2 heterocycles. The molecule has 0 spiro atoms. The van der Waals surface area contributed by atoms with Crippen LogP contribution in [0.2, 0.25) is 0 Å². The molecule has 18 heavy (non-hydrogen) atoms. The third-order valence-electron chi connectivity index (χ3n) is 3.47. The van der Waals surface area contributed by atoms with E-state index in [1.54, 1.807) is 0 Å². The van der Waals surface area contributed by atoms with E-state index in [1.807, 2.05) is 18.2 Å². The molecule has 2 aliphatic heterocycles. The van der Waals surface area contributed by atoms with E-state index in [9.17, 15) is 4.79 Å². The van der Waals surface area contributed by atoms with Crippen LogP contribution in [-0.2, 0) is 0 Å². The number of carbonyl (C=O) groups excluding carboxylic acids is 1. The fourth-order valence-electron chi connectivity index (χ4n) is 2.47. The van der Waals surface area contributed by atoms with Gasteiger partial charge in [0.15, 0.2) is 0 Å². The van der Waals surface area contributed by atoms with Gasteiger partial charge >= 0.3 is 0 Å². The number of nitrogens with zero attached hydrogens (tertiary/aromatic N) is 2. The van der Waals surface area contributed by atoms with Crippen molar-refractivity contribution in [3.63, 3.8) is 0 Å². The average molecular weight is 244 g/mol. The third-order valence-corrected chi connectivity index (χ3v) is 3.47. The Morgan fingerprint density at radius 2 is 2.06 bits per heavy atom. The maximum absolute atomic E-state index is 11.6. The zero-order chi connectivity index (χ0) is 12.5. The quantitative estimate of drug-likeness (QED) is 0.822. The van der Waals surface area contributed by atoms with Crippen LogP contribution in [0.25, 0.3) is 0 Å². The molecule has 1 aromatic rings. The molecule has 1 fully saturated rings. The van der Waals surface area contributed by atoms with Crippen LogP contribution in [0.15, 0.2) is 23.2 Å². The predicted molar refractivity (Wildman–Crippen MR) is 70.9 cm³/mol. The van der Waals surface area contributed by atoms with Gasteiger partial charge in [-0.25, -0.2) is 4.99 Å². The summed E-state index contributed by atoms with van der Waals surface area (Å²) in [5.74, 6) is 0.462. The van der Waals surface area contributed by atoms with Crippen molar-refractivity contribution in [3.8, 4) is 0 Å². The Morgan fingerprint density at radius 1 is 1.33 bits per heavy atom. The Labute approximate surface area is 106 Å². The van der Waals surface area contributed by atoms with Crippen molar-refractivity contribution in [2.24, 2.45) is 10.7 Å². The van der Waals surface area contributed by atoms with Gasteiger partial charge in [-0.15, -0.1) is 0 Å². The van der Waals surface area contributed by atoms with Crippen LogP contribution in [0, 0.1) is 0 Å². The van der Waals surface area contributed by atoms with Crippen LogP contribution in [-0.4, -0.2) is 31.5 Å². The maximum Gasteiger partial charge on any atom is 0.250 e. The van der Waals surface area contributed by atoms with E-state index in [-0.39, 0.29) is 5.91 Å². The number of aliphatic imine (C=N–C) groups is 1. The molecule has 0 atom stereocenters. The number of nitrogens with two attached hydrogens (primary N) is 1. The fourth-order valence-corrected chi connectivity index (χ4v) is 2.47. The van der Waals surface area contributed by atoms with E-state index >= 15 is 0 Å². The number of rotatable bonds is 3. The normalized spacial score (nSPS) is 18.0. The van der Waals surface area contributed by atoms with Gasteiger partial charge in [-0.1, -0.05) is 0 Å². The Balaban J connectivity index is 2.00. The number of carbonyl (C=O) groups is 1. The molecule has 3 rings (SSSR count). The fraction of sp³-hybridized carbons (Fsp3) is 0.385. The lowest BCUT2D eigenvalue weighted by molar-refractivity contribution is 0.100. The Morgan fingerprint density at radius 3 is 2.61 bits per heavy atom. The van der Waals surface area contributed by atoms with Crippen molar-refractivity contribution >= 4 is 17.4 Å². The standard InChI is InChI=1S/C13H16N4O/c14-12(18)10-7-9(13-15-8-16-13)3-4-11(10)17-5-1-2-6-17/h3-4,7H,1-2,5-6,8H2,(H2,14,18)(H,15,16). The van der Waals surface area contributed by atoms with Gasteiger partial charge in [-0.05, 0) is 31.0 Å².